The summed E-state index contributed by atoms with van der Waals surface area (Å²) in [5, 5.41) is 17.6. The molecule has 0 aromatic heterocycles. The van der Waals surface area contributed by atoms with Gasteiger partial charge in [0, 0.05) is 6.04 Å². The molecule has 3 unspecified atom stereocenters. The van der Waals surface area contributed by atoms with Crippen LogP contribution in [0, 0.1) is 0 Å². The van der Waals surface area contributed by atoms with Gasteiger partial charge in [-0.1, -0.05) is 0 Å². The first-order valence-electron chi connectivity index (χ1n) is 3.38. The maximum atomic E-state index is 9.12. The van der Waals surface area contributed by atoms with Gasteiger partial charge < -0.3 is 21.7 Å². The van der Waals surface area contributed by atoms with Crippen LogP contribution in [0.25, 0.3) is 0 Å². The summed E-state index contributed by atoms with van der Waals surface area (Å²) in [6.45, 7) is 1.58. The Kier molecular flexibility index (Phi) is 4.55. The van der Waals surface area contributed by atoms with Crippen molar-refractivity contribution in [3.63, 3.8) is 0 Å². The van der Waals surface area contributed by atoms with E-state index in [0.29, 0.717) is 6.42 Å². The molecule has 0 aliphatic carbocycles. The zero-order valence-electron chi connectivity index (χ0n) is 6.20. The normalized spacial score (nSPS) is 20.1. The van der Waals surface area contributed by atoms with Crippen molar-refractivity contribution < 1.29 is 10.2 Å². The minimum atomic E-state index is -0.690. The van der Waals surface area contributed by atoms with Crippen LogP contribution in [-0.2, 0) is 0 Å². The van der Waals surface area contributed by atoms with E-state index in [9.17, 15) is 0 Å². The fourth-order valence-electron chi connectivity index (χ4n) is 0.677. The van der Waals surface area contributed by atoms with E-state index in [1.807, 2.05) is 0 Å². The second-order valence-electron chi connectivity index (χ2n) is 2.63. The zero-order chi connectivity index (χ0) is 8.15. The van der Waals surface area contributed by atoms with E-state index in [4.69, 9.17) is 21.7 Å². The first-order chi connectivity index (χ1) is 4.57. The molecule has 0 aliphatic rings. The van der Waals surface area contributed by atoms with Gasteiger partial charge in [0.1, 0.15) is 0 Å². The van der Waals surface area contributed by atoms with Gasteiger partial charge in [-0.25, -0.2) is 0 Å². The standard InChI is InChI=1S/C6H16N2O2/c1-4(7)2-6(10)5(8)3-9/h4-6,9-10H,2-3,7-8H2,1H3. The van der Waals surface area contributed by atoms with Gasteiger partial charge in [-0.15, -0.1) is 0 Å². The van der Waals surface area contributed by atoms with E-state index >= 15 is 0 Å². The lowest BCUT2D eigenvalue weighted by molar-refractivity contribution is 0.0970. The van der Waals surface area contributed by atoms with Crippen LogP contribution in [0.1, 0.15) is 13.3 Å². The van der Waals surface area contributed by atoms with Gasteiger partial charge in [0.15, 0.2) is 0 Å². The van der Waals surface area contributed by atoms with Crippen molar-refractivity contribution in [1.29, 1.82) is 0 Å². The minimum absolute atomic E-state index is 0.0763. The highest BCUT2D eigenvalue weighted by Gasteiger charge is 2.14. The van der Waals surface area contributed by atoms with Crippen molar-refractivity contribution in [3.05, 3.63) is 0 Å². The molecule has 0 saturated heterocycles. The van der Waals surface area contributed by atoms with E-state index < -0.39 is 12.1 Å². The van der Waals surface area contributed by atoms with Crippen LogP contribution in [0.15, 0.2) is 0 Å². The lowest BCUT2D eigenvalue weighted by Gasteiger charge is -2.17. The SMILES string of the molecule is CC(N)CC(O)C(N)CO. The second kappa shape index (κ2) is 4.62. The van der Waals surface area contributed by atoms with Gasteiger partial charge in [-0.2, -0.15) is 0 Å². The molecular weight excluding hydrogens is 132 g/mol. The van der Waals surface area contributed by atoms with Crippen molar-refractivity contribution in [3.8, 4) is 0 Å². The Labute approximate surface area is 60.8 Å². The zero-order valence-corrected chi connectivity index (χ0v) is 6.20. The highest BCUT2D eigenvalue weighted by atomic mass is 16.3. The number of hydrogen-bond donors (Lipinski definition) is 4. The number of aliphatic hydroxyl groups excluding tert-OH is 2. The van der Waals surface area contributed by atoms with Crippen LogP contribution in [0.4, 0.5) is 0 Å². The Bertz CT molecular complexity index is 87.8. The Morgan fingerprint density at radius 2 is 1.90 bits per heavy atom. The Morgan fingerprint density at radius 1 is 1.40 bits per heavy atom. The highest BCUT2D eigenvalue weighted by molar-refractivity contribution is 4.73. The summed E-state index contributed by atoms with van der Waals surface area (Å²) in [6, 6.07) is -0.640. The average Bonchev–Trinajstić information content (AvgIpc) is 1.85. The van der Waals surface area contributed by atoms with Crippen molar-refractivity contribution in [1.82, 2.24) is 0 Å². The Balaban J connectivity index is 3.50. The first kappa shape index (κ1) is 9.84. The number of nitrogens with two attached hydrogens (primary N) is 2. The maximum absolute atomic E-state index is 9.12. The number of rotatable bonds is 4. The van der Waals surface area contributed by atoms with E-state index in [2.05, 4.69) is 0 Å². The number of aliphatic hydroxyl groups is 2. The molecule has 4 heteroatoms. The summed E-state index contributed by atoms with van der Waals surface area (Å²) in [5.74, 6) is 0. The predicted molar refractivity (Wildman–Crippen MR) is 39.3 cm³/mol. The average molecular weight is 148 g/mol. The monoisotopic (exact) mass is 148 g/mol. The molecular formula is C6H16N2O2. The molecule has 6 N–H and O–H groups in total. The van der Waals surface area contributed by atoms with Gasteiger partial charge in [-0.3, -0.25) is 0 Å². The molecule has 0 bridgehead atoms. The van der Waals surface area contributed by atoms with Gasteiger partial charge in [0.2, 0.25) is 0 Å². The summed E-state index contributed by atoms with van der Waals surface area (Å²) in [7, 11) is 0. The molecule has 4 nitrogen and oxygen atoms in total. The van der Waals surface area contributed by atoms with E-state index in [-0.39, 0.29) is 12.6 Å². The van der Waals surface area contributed by atoms with Crippen molar-refractivity contribution in [2.24, 2.45) is 11.5 Å². The molecule has 0 heterocycles. The van der Waals surface area contributed by atoms with Gasteiger partial charge in [-0.05, 0) is 13.3 Å². The van der Waals surface area contributed by atoms with Gasteiger partial charge in [0.05, 0.1) is 18.8 Å². The molecule has 0 saturated carbocycles. The maximum Gasteiger partial charge on any atom is 0.0728 e. The van der Waals surface area contributed by atoms with Crippen LogP contribution in [0.3, 0.4) is 0 Å². The van der Waals surface area contributed by atoms with Crippen molar-refractivity contribution in [2.75, 3.05) is 6.61 Å². The smallest absolute Gasteiger partial charge is 0.0728 e. The lowest BCUT2D eigenvalue weighted by atomic mass is 10.1. The molecule has 62 valence electrons. The third kappa shape index (κ3) is 3.79. The van der Waals surface area contributed by atoms with Crippen molar-refractivity contribution >= 4 is 0 Å². The lowest BCUT2D eigenvalue weighted by Crippen LogP contribution is -2.40. The summed E-state index contributed by atoms with van der Waals surface area (Å²) < 4.78 is 0. The second-order valence-corrected chi connectivity index (χ2v) is 2.63. The van der Waals surface area contributed by atoms with Crippen LogP contribution >= 0.6 is 0 Å². The number of hydrogen-bond acceptors (Lipinski definition) is 4. The molecule has 0 aromatic carbocycles. The van der Waals surface area contributed by atoms with Gasteiger partial charge in [0.25, 0.3) is 0 Å². The van der Waals surface area contributed by atoms with E-state index in [1.165, 1.54) is 0 Å². The molecule has 0 fully saturated rings. The first-order valence-corrected chi connectivity index (χ1v) is 3.38. The Hall–Kier alpha value is -0.160. The van der Waals surface area contributed by atoms with Gasteiger partial charge >= 0.3 is 0 Å². The minimum Gasteiger partial charge on any atom is -0.395 e. The molecule has 0 rings (SSSR count). The summed E-state index contributed by atoms with van der Waals surface area (Å²) in [6.07, 6.45) is -0.258. The molecule has 0 radical (unpaired) electrons. The van der Waals surface area contributed by atoms with E-state index in [0.717, 1.165) is 0 Å². The third-order valence-electron chi connectivity index (χ3n) is 1.32. The fraction of sp³-hybridized carbons (Fsp3) is 1.00. The fourth-order valence-corrected chi connectivity index (χ4v) is 0.677. The van der Waals surface area contributed by atoms with Crippen molar-refractivity contribution in [2.45, 2.75) is 31.5 Å². The topological polar surface area (TPSA) is 92.5 Å². The summed E-state index contributed by atoms with van der Waals surface area (Å²) in [5.41, 5.74) is 10.7. The summed E-state index contributed by atoms with van der Waals surface area (Å²) in [4.78, 5) is 0. The molecule has 0 amide bonds. The molecule has 0 aromatic rings. The molecule has 10 heavy (non-hydrogen) atoms. The third-order valence-corrected chi connectivity index (χ3v) is 1.32. The van der Waals surface area contributed by atoms with Crippen LogP contribution in [0.5, 0.6) is 0 Å². The molecule has 0 spiro atoms. The van der Waals surface area contributed by atoms with E-state index in [1.54, 1.807) is 6.92 Å². The van der Waals surface area contributed by atoms with Crippen LogP contribution in [0.2, 0.25) is 0 Å². The highest BCUT2D eigenvalue weighted by Crippen LogP contribution is 1.98. The summed E-state index contributed by atoms with van der Waals surface area (Å²) >= 11 is 0. The molecule has 3 atom stereocenters. The quantitative estimate of drug-likeness (QED) is 0.386. The predicted octanol–water partition coefficient (Wildman–Crippen LogP) is -1.60. The van der Waals surface area contributed by atoms with Crippen LogP contribution in [-0.4, -0.2) is 35.0 Å². The molecule has 0 aliphatic heterocycles. The van der Waals surface area contributed by atoms with Crippen LogP contribution < -0.4 is 11.5 Å². The largest absolute Gasteiger partial charge is 0.395 e. The Morgan fingerprint density at radius 3 is 2.20 bits per heavy atom.